The second-order valence-corrected chi connectivity index (χ2v) is 7.19. The molecule has 0 rings (SSSR count). The van der Waals surface area contributed by atoms with Crippen molar-refractivity contribution < 1.29 is 13.3 Å². The molecule has 0 heterocycles. The molecular weight excluding hydrogens is 256 g/mol. The van der Waals surface area contributed by atoms with Gasteiger partial charge in [-0.05, 0) is 46.5 Å². The van der Waals surface area contributed by atoms with E-state index in [0.29, 0.717) is 19.8 Å². The molecule has 0 aromatic heterocycles. The lowest BCUT2D eigenvalue weighted by molar-refractivity contribution is 0.0706. The molecule has 0 unspecified atom stereocenters. The van der Waals surface area contributed by atoms with Gasteiger partial charge in [-0.15, -0.1) is 0 Å². The third kappa shape index (κ3) is 9.38. The molecule has 4 heteroatoms. The number of hydrogen-bond acceptors (Lipinski definition) is 3. The van der Waals surface area contributed by atoms with Crippen molar-refractivity contribution in [3.8, 4) is 0 Å². The molecule has 0 fully saturated rings. The zero-order chi connectivity index (χ0) is 14.4. The summed E-state index contributed by atoms with van der Waals surface area (Å²) in [6.07, 6.45) is 10.4. The van der Waals surface area contributed by atoms with Gasteiger partial charge >= 0.3 is 8.80 Å². The van der Waals surface area contributed by atoms with Crippen molar-refractivity contribution in [2.45, 2.75) is 65.8 Å². The van der Waals surface area contributed by atoms with Crippen LogP contribution in [0.4, 0.5) is 0 Å². The number of hydrogen-bond donors (Lipinski definition) is 0. The van der Waals surface area contributed by atoms with Crippen LogP contribution < -0.4 is 0 Å². The normalized spacial score (nSPS) is 12.4. The summed E-state index contributed by atoms with van der Waals surface area (Å²) >= 11 is 0. The molecule has 3 nitrogen and oxygen atoms in total. The maximum Gasteiger partial charge on any atom is 0.500 e. The van der Waals surface area contributed by atoms with Gasteiger partial charge in [-0.3, -0.25) is 0 Å². The summed E-state index contributed by atoms with van der Waals surface area (Å²) in [7, 11) is -2.39. The Labute approximate surface area is 120 Å². The van der Waals surface area contributed by atoms with Crippen molar-refractivity contribution in [1.82, 2.24) is 0 Å². The molecule has 0 aromatic carbocycles. The van der Waals surface area contributed by atoms with Gasteiger partial charge < -0.3 is 13.3 Å². The van der Waals surface area contributed by atoms with Crippen LogP contribution in [0.25, 0.3) is 0 Å². The molecule has 0 atom stereocenters. The van der Waals surface area contributed by atoms with Crippen molar-refractivity contribution in [3.05, 3.63) is 12.2 Å². The van der Waals surface area contributed by atoms with Crippen LogP contribution in [-0.4, -0.2) is 28.6 Å². The van der Waals surface area contributed by atoms with Gasteiger partial charge in [0.05, 0.1) is 0 Å². The molecule has 0 aliphatic heterocycles. The SMILES string of the molecule is CC/C=C/CCCCC[Si](OCC)(OCC)OCC. The van der Waals surface area contributed by atoms with Crippen molar-refractivity contribution in [2.24, 2.45) is 0 Å². The van der Waals surface area contributed by atoms with Crippen LogP contribution in [0.15, 0.2) is 12.2 Å². The highest BCUT2D eigenvalue weighted by molar-refractivity contribution is 6.60. The molecule has 0 aliphatic carbocycles. The maximum atomic E-state index is 5.84. The zero-order valence-corrected chi connectivity index (χ0v) is 14.2. The first-order valence-corrected chi connectivity index (χ1v) is 9.74. The molecule has 0 aliphatic rings. The summed E-state index contributed by atoms with van der Waals surface area (Å²) in [4.78, 5) is 0. The van der Waals surface area contributed by atoms with Gasteiger partial charge in [-0.25, -0.2) is 0 Å². The minimum Gasteiger partial charge on any atom is -0.374 e. The fourth-order valence-corrected chi connectivity index (χ4v) is 4.75. The standard InChI is InChI=1S/C15H32O3Si/c1-5-9-10-11-12-13-14-15-19(16-6-2,17-7-3)18-8-4/h9-10H,5-8,11-15H2,1-4H3/b10-9+. The van der Waals surface area contributed by atoms with Crippen LogP contribution in [-0.2, 0) is 13.3 Å². The van der Waals surface area contributed by atoms with Crippen molar-refractivity contribution >= 4 is 8.80 Å². The van der Waals surface area contributed by atoms with E-state index >= 15 is 0 Å². The fourth-order valence-electron chi connectivity index (χ4n) is 2.07. The smallest absolute Gasteiger partial charge is 0.374 e. The third-order valence-electron chi connectivity index (χ3n) is 2.85. The Balaban J connectivity index is 3.99. The molecule has 0 aromatic rings. The van der Waals surface area contributed by atoms with E-state index in [1.165, 1.54) is 19.3 Å². The van der Waals surface area contributed by atoms with E-state index in [-0.39, 0.29) is 0 Å². The lowest BCUT2D eigenvalue weighted by Gasteiger charge is -2.28. The van der Waals surface area contributed by atoms with Gasteiger partial charge in [0.2, 0.25) is 0 Å². The Morgan fingerprint density at radius 2 is 1.32 bits per heavy atom. The van der Waals surface area contributed by atoms with Gasteiger partial charge in [0.15, 0.2) is 0 Å². The molecule has 0 N–H and O–H groups in total. The predicted molar refractivity (Wildman–Crippen MR) is 83.3 cm³/mol. The number of unbranched alkanes of at least 4 members (excludes halogenated alkanes) is 3. The van der Waals surface area contributed by atoms with Crippen molar-refractivity contribution in [3.63, 3.8) is 0 Å². The largest absolute Gasteiger partial charge is 0.500 e. The Bertz CT molecular complexity index is 202. The Morgan fingerprint density at radius 3 is 1.79 bits per heavy atom. The van der Waals surface area contributed by atoms with Gasteiger partial charge in [-0.2, -0.15) is 0 Å². The topological polar surface area (TPSA) is 27.7 Å². The Kier molecular flexibility index (Phi) is 12.7. The van der Waals surface area contributed by atoms with E-state index in [9.17, 15) is 0 Å². The van der Waals surface area contributed by atoms with Crippen molar-refractivity contribution in [1.29, 1.82) is 0 Å². The van der Waals surface area contributed by atoms with E-state index in [0.717, 1.165) is 18.9 Å². The molecule has 114 valence electrons. The van der Waals surface area contributed by atoms with Crippen LogP contribution in [0.1, 0.15) is 59.8 Å². The fraction of sp³-hybridized carbons (Fsp3) is 0.867. The van der Waals surface area contributed by atoms with Gasteiger partial charge in [-0.1, -0.05) is 25.5 Å². The summed E-state index contributed by atoms with van der Waals surface area (Å²) in [6, 6.07) is 0.944. The zero-order valence-electron chi connectivity index (χ0n) is 13.2. The van der Waals surface area contributed by atoms with Crippen LogP contribution in [0.5, 0.6) is 0 Å². The lowest BCUT2D eigenvalue weighted by atomic mass is 10.2. The lowest BCUT2D eigenvalue weighted by Crippen LogP contribution is -2.45. The first-order valence-electron chi connectivity index (χ1n) is 7.81. The first-order chi connectivity index (χ1) is 9.24. The average molecular weight is 289 g/mol. The van der Waals surface area contributed by atoms with Crippen LogP contribution in [0.2, 0.25) is 6.04 Å². The summed E-state index contributed by atoms with van der Waals surface area (Å²) in [5, 5.41) is 0. The second kappa shape index (κ2) is 12.8. The van der Waals surface area contributed by atoms with Gasteiger partial charge in [0, 0.05) is 25.9 Å². The first kappa shape index (κ1) is 18.8. The summed E-state index contributed by atoms with van der Waals surface area (Å²) < 4.78 is 17.5. The Hall–Kier alpha value is -0.163. The Morgan fingerprint density at radius 1 is 0.737 bits per heavy atom. The molecule has 19 heavy (non-hydrogen) atoms. The molecule has 0 spiro atoms. The summed E-state index contributed by atoms with van der Waals surface area (Å²) in [5.41, 5.74) is 0. The molecule has 0 radical (unpaired) electrons. The van der Waals surface area contributed by atoms with E-state index in [4.69, 9.17) is 13.3 Å². The molecule has 0 amide bonds. The second-order valence-electron chi connectivity index (χ2n) is 4.46. The van der Waals surface area contributed by atoms with Crippen LogP contribution in [0.3, 0.4) is 0 Å². The van der Waals surface area contributed by atoms with E-state index in [1.807, 2.05) is 20.8 Å². The number of allylic oxidation sites excluding steroid dienone is 2. The highest BCUT2D eigenvalue weighted by atomic mass is 28.4. The summed E-state index contributed by atoms with van der Waals surface area (Å²) in [5.74, 6) is 0. The average Bonchev–Trinajstić information content (AvgIpc) is 2.39. The predicted octanol–water partition coefficient (Wildman–Crippen LogP) is 4.56. The molecule has 0 bridgehead atoms. The molecule has 0 saturated heterocycles. The molecule has 0 saturated carbocycles. The minimum absolute atomic E-state index is 0.672. The quantitative estimate of drug-likeness (QED) is 0.282. The minimum atomic E-state index is -2.39. The van der Waals surface area contributed by atoms with Gasteiger partial charge in [0.1, 0.15) is 0 Å². The van der Waals surface area contributed by atoms with Crippen molar-refractivity contribution in [2.75, 3.05) is 19.8 Å². The monoisotopic (exact) mass is 288 g/mol. The highest BCUT2D eigenvalue weighted by Crippen LogP contribution is 2.20. The maximum absolute atomic E-state index is 5.84. The van der Waals surface area contributed by atoms with E-state index in [1.54, 1.807) is 0 Å². The van der Waals surface area contributed by atoms with E-state index in [2.05, 4.69) is 19.1 Å². The van der Waals surface area contributed by atoms with Crippen LogP contribution in [0, 0.1) is 0 Å². The number of rotatable bonds is 13. The summed E-state index contributed by atoms with van der Waals surface area (Å²) in [6.45, 7) is 10.2. The van der Waals surface area contributed by atoms with Gasteiger partial charge in [0.25, 0.3) is 0 Å². The highest BCUT2D eigenvalue weighted by Gasteiger charge is 2.39. The van der Waals surface area contributed by atoms with Crippen LogP contribution >= 0.6 is 0 Å². The van der Waals surface area contributed by atoms with E-state index < -0.39 is 8.80 Å². The molecular formula is C15H32O3Si. The third-order valence-corrected chi connectivity index (χ3v) is 6.00.